The Morgan fingerprint density at radius 3 is 2.53 bits per heavy atom. The number of hydrogen-bond donors (Lipinski definition) is 1. The van der Waals surface area contributed by atoms with Crippen LogP contribution in [0.2, 0.25) is 0 Å². The molecule has 1 rings (SSSR count). The van der Waals surface area contributed by atoms with Crippen LogP contribution in [0.3, 0.4) is 0 Å². The van der Waals surface area contributed by atoms with Crippen molar-refractivity contribution in [3.8, 4) is 0 Å². The van der Waals surface area contributed by atoms with Gasteiger partial charge in [-0.25, -0.2) is 0 Å². The maximum absolute atomic E-state index is 5.21. The van der Waals surface area contributed by atoms with E-state index in [9.17, 15) is 0 Å². The van der Waals surface area contributed by atoms with Gasteiger partial charge in [-0.1, -0.05) is 54.3 Å². The highest BCUT2D eigenvalue weighted by Gasteiger charge is 2.05. The third-order valence-corrected chi connectivity index (χ3v) is 3.53. The zero-order valence-corrected chi connectivity index (χ0v) is 11.6. The van der Waals surface area contributed by atoms with Crippen molar-refractivity contribution >= 4 is 28.3 Å². The summed E-state index contributed by atoms with van der Waals surface area (Å²) in [4.78, 5) is 0. The molecule has 0 aliphatic rings. The number of rotatable bonds is 6. The second-order valence-electron chi connectivity index (χ2n) is 3.34. The molecule has 1 N–H and O–H groups in total. The lowest BCUT2D eigenvalue weighted by atomic mass is 10.2. The van der Waals surface area contributed by atoms with Crippen molar-refractivity contribution < 1.29 is 9.47 Å². The summed E-state index contributed by atoms with van der Waals surface area (Å²) in [6.07, 6.45) is -0.259. The lowest BCUT2D eigenvalue weighted by Gasteiger charge is -2.14. The van der Waals surface area contributed by atoms with Gasteiger partial charge in [-0.05, 0) is 5.56 Å². The second-order valence-corrected chi connectivity index (χ2v) is 5.00. The minimum Gasteiger partial charge on any atom is -0.366 e. The van der Waals surface area contributed by atoms with Gasteiger partial charge in [0.1, 0.15) is 4.32 Å². The van der Waals surface area contributed by atoms with Crippen molar-refractivity contribution in [1.82, 2.24) is 5.32 Å². The molecule has 0 saturated carbocycles. The molecule has 0 fully saturated rings. The Morgan fingerprint density at radius 1 is 1.29 bits per heavy atom. The Balaban J connectivity index is 2.22. The van der Waals surface area contributed by atoms with Crippen LogP contribution in [0, 0.1) is 0 Å². The highest BCUT2D eigenvalue weighted by Crippen LogP contribution is 2.12. The summed E-state index contributed by atoms with van der Waals surface area (Å²) >= 11 is 6.81. The van der Waals surface area contributed by atoms with Crippen LogP contribution in [-0.2, 0) is 15.2 Å². The van der Waals surface area contributed by atoms with Crippen LogP contribution in [0.1, 0.15) is 5.56 Å². The van der Waals surface area contributed by atoms with Crippen molar-refractivity contribution in [2.75, 3.05) is 20.8 Å². The highest BCUT2D eigenvalue weighted by atomic mass is 32.2. The van der Waals surface area contributed by atoms with Gasteiger partial charge in [-0.15, -0.1) is 0 Å². The summed E-state index contributed by atoms with van der Waals surface area (Å²) in [5.41, 5.74) is 1.26. The van der Waals surface area contributed by atoms with Crippen molar-refractivity contribution in [3.05, 3.63) is 35.9 Å². The Kier molecular flexibility index (Phi) is 7.19. The molecule has 0 amide bonds. The maximum atomic E-state index is 5.21. The average Bonchev–Trinajstić information content (AvgIpc) is 2.39. The predicted octanol–water partition coefficient (Wildman–Crippen LogP) is 2.41. The normalized spacial score (nSPS) is 10.5. The number of hydrogen-bond acceptors (Lipinski definition) is 4. The molecule has 0 aliphatic carbocycles. The van der Waals surface area contributed by atoms with Crippen LogP contribution < -0.4 is 5.32 Å². The molecule has 0 unspecified atom stereocenters. The molecule has 0 radical (unpaired) electrons. The lowest BCUT2D eigenvalue weighted by Crippen LogP contribution is -2.31. The van der Waals surface area contributed by atoms with Gasteiger partial charge in [0.05, 0.1) is 6.54 Å². The standard InChI is InChI=1S/C12H17NO2S2/c1-14-11(15-2)8-13-12(16)17-9-10-6-4-3-5-7-10/h3-7,11H,8-9H2,1-2H3,(H,13,16). The van der Waals surface area contributed by atoms with E-state index in [1.807, 2.05) is 18.2 Å². The summed E-state index contributed by atoms with van der Waals surface area (Å²) in [6, 6.07) is 10.2. The van der Waals surface area contributed by atoms with Gasteiger partial charge in [-0.2, -0.15) is 0 Å². The number of benzene rings is 1. The molecule has 94 valence electrons. The quantitative estimate of drug-likeness (QED) is 0.634. The van der Waals surface area contributed by atoms with Gasteiger partial charge in [-0.3, -0.25) is 0 Å². The van der Waals surface area contributed by atoms with Crippen molar-refractivity contribution in [1.29, 1.82) is 0 Å². The largest absolute Gasteiger partial charge is 0.366 e. The zero-order valence-electron chi connectivity index (χ0n) is 10.0. The van der Waals surface area contributed by atoms with Crippen molar-refractivity contribution in [2.24, 2.45) is 0 Å². The number of nitrogens with one attached hydrogen (secondary N) is 1. The predicted molar refractivity (Wildman–Crippen MR) is 76.1 cm³/mol. The fraction of sp³-hybridized carbons (Fsp3) is 0.417. The molecular weight excluding hydrogens is 254 g/mol. The SMILES string of the molecule is COC(CNC(=S)SCc1ccccc1)OC. The van der Waals surface area contributed by atoms with E-state index < -0.39 is 0 Å². The summed E-state index contributed by atoms with van der Waals surface area (Å²) in [7, 11) is 3.21. The molecule has 0 aliphatic heterocycles. The van der Waals surface area contributed by atoms with Crippen LogP contribution in [0.25, 0.3) is 0 Å². The van der Waals surface area contributed by atoms with Crippen molar-refractivity contribution in [2.45, 2.75) is 12.0 Å². The van der Waals surface area contributed by atoms with E-state index in [1.54, 1.807) is 26.0 Å². The first-order chi connectivity index (χ1) is 8.26. The van der Waals surface area contributed by atoms with Gasteiger partial charge in [0.25, 0.3) is 0 Å². The maximum Gasteiger partial charge on any atom is 0.173 e. The minimum atomic E-state index is -0.259. The molecular formula is C12H17NO2S2. The molecule has 5 heteroatoms. The summed E-state index contributed by atoms with van der Waals surface area (Å²) in [6.45, 7) is 0.563. The molecule has 0 bridgehead atoms. The van der Waals surface area contributed by atoms with Gasteiger partial charge in [0.15, 0.2) is 6.29 Å². The van der Waals surface area contributed by atoms with E-state index in [0.717, 1.165) is 10.1 Å². The van der Waals surface area contributed by atoms with Crippen molar-refractivity contribution in [3.63, 3.8) is 0 Å². The van der Waals surface area contributed by atoms with Crippen LogP contribution >= 0.6 is 24.0 Å². The van der Waals surface area contributed by atoms with E-state index in [4.69, 9.17) is 21.7 Å². The van der Waals surface area contributed by atoms with E-state index >= 15 is 0 Å². The topological polar surface area (TPSA) is 30.5 Å². The fourth-order valence-corrected chi connectivity index (χ4v) is 2.14. The van der Waals surface area contributed by atoms with Crippen LogP contribution in [-0.4, -0.2) is 31.4 Å². The molecule has 0 spiro atoms. The van der Waals surface area contributed by atoms with E-state index in [2.05, 4.69) is 17.4 Å². The zero-order chi connectivity index (χ0) is 12.5. The van der Waals surface area contributed by atoms with Gasteiger partial charge < -0.3 is 14.8 Å². The first kappa shape index (κ1) is 14.4. The van der Waals surface area contributed by atoms with Gasteiger partial charge in [0, 0.05) is 20.0 Å². The molecule has 0 aromatic heterocycles. The smallest absolute Gasteiger partial charge is 0.173 e. The van der Waals surface area contributed by atoms with Gasteiger partial charge >= 0.3 is 0 Å². The summed E-state index contributed by atoms with van der Waals surface area (Å²) in [5, 5.41) is 3.10. The molecule has 0 atom stereocenters. The number of methoxy groups -OCH3 is 2. The molecule has 1 aromatic rings. The first-order valence-electron chi connectivity index (χ1n) is 5.26. The average molecular weight is 271 g/mol. The van der Waals surface area contributed by atoms with E-state index in [-0.39, 0.29) is 6.29 Å². The monoisotopic (exact) mass is 271 g/mol. The Morgan fingerprint density at radius 2 is 1.94 bits per heavy atom. The molecule has 1 aromatic carbocycles. The molecule has 17 heavy (non-hydrogen) atoms. The highest BCUT2D eigenvalue weighted by molar-refractivity contribution is 8.22. The Bertz CT molecular complexity index is 329. The van der Waals surface area contributed by atoms with Crippen LogP contribution in [0.5, 0.6) is 0 Å². The third-order valence-electron chi connectivity index (χ3n) is 2.15. The van der Waals surface area contributed by atoms with Crippen LogP contribution in [0.4, 0.5) is 0 Å². The third kappa shape index (κ3) is 6.02. The van der Waals surface area contributed by atoms with Gasteiger partial charge in [0.2, 0.25) is 0 Å². The van der Waals surface area contributed by atoms with E-state index in [1.165, 1.54) is 5.56 Å². The van der Waals surface area contributed by atoms with E-state index in [0.29, 0.717) is 6.54 Å². The lowest BCUT2D eigenvalue weighted by molar-refractivity contribution is -0.0963. The molecule has 3 nitrogen and oxygen atoms in total. The number of thiocarbonyl (C=S) groups is 1. The Hall–Kier alpha value is -0.620. The summed E-state index contributed by atoms with van der Waals surface area (Å²) in [5.74, 6) is 0.872. The Labute approximate surface area is 112 Å². The van der Waals surface area contributed by atoms with Crippen LogP contribution in [0.15, 0.2) is 30.3 Å². The minimum absolute atomic E-state index is 0.259. The number of ether oxygens (including phenoxy) is 2. The fourth-order valence-electron chi connectivity index (χ4n) is 1.20. The molecule has 0 heterocycles. The summed E-state index contributed by atoms with van der Waals surface area (Å²) < 4.78 is 10.9. The second kappa shape index (κ2) is 8.47. The number of thioether (sulfide) groups is 1. The first-order valence-corrected chi connectivity index (χ1v) is 6.65. The molecule has 0 saturated heterocycles.